The maximum atomic E-state index is 12.5. The summed E-state index contributed by atoms with van der Waals surface area (Å²) >= 11 is 0. The number of hydrogen-bond acceptors (Lipinski definition) is 3. The van der Waals surface area contributed by atoms with E-state index in [4.69, 9.17) is 0 Å². The predicted octanol–water partition coefficient (Wildman–Crippen LogP) is 2.68. The molecule has 0 radical (unpaired) electrons. The van der Waals surface area contributed by atoms with Gasteiger partial charge in [0.1, 0.15) is 0 Å². The Labute approximate surface area is 137 Å². The Bertz CT molecular complexity index is 651. The summed E-state index contributed by atoms with van der Waals surface area (Å²) in [6.45, 7) is 4.36. The van der Waals surface area contributed by atoms with Crippen molar-refractivity contribution in [2.45, 2.75) is 39.0 Å². The molecule has 24 heavy (non-hydrogen) atoms. The molecular weight excluding hydrogens is 321 g/mol. The Morgan fingerprint density at radius 1 is 1.17 bits per heavy atom. The van der Waals surface area contributed by atoms with Gasteiger partial charge in [0.25, 0.3) is 0 Å². The molecule has 2 aromatic rings. The number of alkyl halides is 3. The SMILES string of the molecule is CC(C)C(Cn1nccn1)NC(=O)Cc1ccc(C(F)(F)F)cc1. The number of rotatable bonds is 6. The van der Waals surface area contributed by atoms with E-state index in [1.165, 1.54) is 16.9 Å². The van der Waals surface area contributed by atoms with Gasteiger partial charge in [-0.2, -0.15) is 28.2 Å². The van der Waals surface area contributed by atoms with Gasteiger partial charge in [0.05, 0.1) is 37.0 Å². The predicted molar refractivity (Wildman–Crippen MR) is 81.9 cm³/mol. The quantitative estimate of drug-likeness (QED) is 0.879. The lowest BCUT2D eigenvalue weighted by atomic mass is 10.0. The van der Waals surface area contributed by atoms with Crippen molar-refractivity contribution in [2.75, 3.05) is 0 Å². The van der Waals surface area contributed by atoms with Crippen LogP contribution in [0.5, 0.6) is 0 Å². The fourth-order valence-electron chi connectivity index (χ4n) is 2.19. The number of carbonyl (C=O) groups is 1. The molecule has 0 aliphatic rings. The van der Waals surface area contributed by atoms with E-state index in [0.717, 1.165) is 12.1 Å². The van der Waals surface area contributed by atoms with Crippen molar-refractivity contribution in [2.24, 2.45) is 5.92 Å². The molecule has 0 spiro atoms. The highest BCUT2D eigenvalue weighted by Gasteiger charge is 2.30. The van der Waals surface area contributed by atoms with E-state index >= 15 is 0 Å². The van der Waals surface area contributed by atoms with Crippen LogP contribution < -0.4 is 5.32 Å². The Morgan fingerprint density at radius 3 is 2.25 bits per heavy atom. The minimum Gasteiger partial charge on any atom is -0.351 e. The van der Waals surface area contributed by atoms with Crippen LogP contribution in [0.4, 0.5) is 13.2 Å². The topological polar surface area (TPSA) is 59.8 Å². The summed E-state index contributed by atoms with van der Waals surface area (Å²) in [5.74, 6) is -0.0897. The zero-order valence-corrected chi connectivity index (χ0v) is 13.4. The maximum Gasteiger partial charge on any atom is 0.416 e. The van der Waals surface area contributed by atoms with Crippen LogP contribution in [0.2, 0.25) is 0 Å². The molecule has 1 amide bonds. The molecule has 1 aromatic heterocycles. The minimum atomic E-state index is -4.37. The largest absolute Gasteiger partial charge is 0.416 e. The van der Waals surface area contributed by atoms with Gasteiger partial charge in [0.15, 0.2) is 0 Å². The van der Waals surface area contributed by atoms with Crippen LogP contribution in [-0.2, 0) is 23.9 Å². The summed E-state index contributed by atoms with van der Waals surface area (Å²) in [6.07, 6.45) is -1.24. The van der Waals surface area contributed by atoms with E-state index in [1.54, 1.807) is 12.4 Å². The van der Waals surface area contributed by atoms with Gasteiger partial charge >= 0.3 is 6.18 Å². The van der Waals surface area contributed by atoms with Crippen molar-refractivity contribution < 1.29 is 18.0 Å². The second kappa shape index (κ2) is 7.46. The number of nitrogens with one attached hydrogen (secondary N) is 1. The summed E-state index contributed by atoms with van der Waals surface area (Å²) in [7, 11) is 0. The van der Waals surface area contributed by atoms with Crippen LogP contribution >= 0.6 is 0 Å². The van der Waals surface area contributed by atoms with E-state index in [2.05, 4.69) is 15.5 Å². The minimum absolute atomic E-state index is 0.0217. The van der Waals surface area contributed by atoms with Crippen LogP contribution in [0.15, 0.2) is 36.7 Å². The highest BCUT2D eigenvalue weighted by Crippen LogP contribution is 2.29. The van der Waals surface area contributed by atoms with Crippen molar-refractivity contribution in [1.29, 1.82) is 0 Å². The molecular formula is C16H19F3N4O. The number of halogens is 3. The van der Waals surface area contributed by atoms with E-state index < -0.39 is 11.7 Å². The van der Waals surface area contributed by atoms with Gasteiger partial charge in [-0.1, -0.05) is 26.0 Å². The second-order valence-corrected chi connectivity index (χ2v) is 5.87. The number of aromatic nitrogens is 3. The van der Waals surface area contributed by atoms with E-state index in [0.29, 0.717) is 12.1 Å². The molecule has 1 heterocycles. The highest BCUT2D eigenvalue weighted by molar-refractivity contribution is 5.78. The molecule has 5 nitrogen and oxygen atoms in total. The first-order valence-corrected chi connectivity index (χ1v) is 7.55. The Balaban J connectivity index is 1.95. The van der Waals surface area contributed by atoms with E-state index in [1.807, 2.05) is 13.8 Å². The van der Waals surface area contributed by atoms with Crippen molar-refractivity contribution in [3.8, 4) is 0 Å². The molecule has 1 aromatic carbocycles. The molecule has 0 aliphatic carbocycles. The molecule has 130 valence electrons. The van der Waals surface area contributed by atoms with E-state index in [9.17, 15) is 18.0 Å². The van der Waals surface area contributed by atoms with Crippen molar-refractivity contribution in [3.05, 3.63) is 47.8 Å². The van der Waals surface area contributed by atoms with Gasteiger partial charge < -0.3 is 5.32 Å². The standard InChI is InChI=1S/C16H19F3N4O/c1-11(2)14(10-23-20-7-8-21-23)22-15(24)9-12-3-5-13(6-4-12)16(17,18)19/h3-8,11,14H,9-10H2,1-2H3,(H,22,24). The number of nitrogens with zero attached hydrogens (tertiary/aromatic N) is 3. The average molecular weight is 340 g/mol. The first-order chi connectivity index (χ1) is 11.3. The molecule has 8 heteroatoms. The fraction of sp³-hybridized carbons (Fsp3) is 0.438. The van der Waals surface area contributed by atoms with E-state index in [-0.39, 0.29) is 24.3 Å². The second-order valence-electron chi connectivity index (χ2n) is 5.87. The third kappa shape index (κ3) is 5.07. The van der Waals surface area contributed by atoms with Crippen molar-refractivity contribution >= 4 is 5.91 Å². The summed E-state index contributed by atoms with van der Waals surface area (Å²) < 4.78 is 37.6. The average Bonchev–Trinajstić information content (AvgIpc) is 2.99. The zero-order valence-electron chi connectivity index (χ0n) is 13.4. The zero-order chi connectivity index (χ0) is 17.7. The molecule has 0 saturated carbocycles. The number of hydrogen-bond donors (Lipinski definition) is 1. The summed E-state index contributed by atoms with van der Waals surface area (Å²) in [6, 6.07) is 4.44. The lowest BCUT2D eigenvalue weighted by Crippen LogP contribution is -2.42. The third-order valence-corrected chi connectivity index (χ3v) is 3.62. The summed E-state index contributed by atoms with van der Waals surface area (Å²) in [5, 5.41) is 10.9. The van der Waals surface area contributed by atoms with Gasteiger partial charge in [-0.05, 0) is 23.6 Å². The van der Waals surface area contributed by atoms with Crippen LogP contribution in [0, 0.1) is 5.92 Å². The first-order valence-electron chi connectivity index (χ1n) is 7.55. The maximum absolute atomic E-state index is 12.5. The molecule has 1 N–H and O–H groups in total. The Hall–Kier alpha value is -2.38. The Kier molecular flexibility index (Phi) is 5.58. The number of amides is 1. The number of carbonyl (C=O) groups excluding carboxylic acids is 1. The van der Waals surface area contributed by atoms with Crippen LogP contribution in [0.1, 0.15) is 25.0 Å². The summed E-state index contributed by atoms with van der Waals surface area (Å²) in [4.78, 5) is 13.6. The van der Waals surface area contributed by atoms with Gasteiger partial charge in [-0.25, -0.2) is 0 Å². The molecule has 0 fully saturated rings. The number of benzene rings is 1. The molecule has 1 unspecified atom stereocenters. The van der Waals surface area contributed by atoms with Gasteiger partial charge in [-0.3, -0.25) is 4.79 Å². The van der Waals surface area contributed by atoms with Crippen molar-refractivity contribution in [3.63, 3.8) is 0 Å². The van der Waals surface area contributed by atoms with Crippen LogP contribution in [0.3, 0.4) is 0 Å². The molecule has 1 atom stereocenters. The smallest absolute Gasteiger partial charge is 0.351 e. The molecule has 0 bridgehead atoms. The molecule has 0 saturated heterocycles. The fourth-order valence-corrected chi connectivity index (χ4v) is 2.19. The van der Waals surface area contributed by atoms with Crippen LogP contribution in [-0.4, -0.2) is 26.9 Å². The third-order valence-electron chi connectivity index (χ3n) is 3.62. The highest BCUT2D eigenvalue weighted by atomic mass is 19.4. The van der Waals surface area contributed by atoms with Crippen molar-refractivity contribution in [1.82, 2.24) is 20.3 Å². The normalized spacial score (nSPS) is 13.1. The molecule has 0 aliphatic heterocycles. The molecule has 2 rings (SSSR count). The Morgan fingerprint density at radius 2 is 1.75 bits per heavy atom. The van der Waals surface area contributed by atoms with Gasteiger partial charge in [0, 0.05) is 0 Å². The first kappa shape index (κ1) is 18.0. The lowest BCUT2D eigenvalue weighted by molar-refractivity contribution is -0.137. The lowest BCUT2D eigenvalue weighted by Gasteiger charge is -2.22. The van der Waals surface area contributed by atoms with Gasteiger partial charge in [-0.15, -0.1) is 0 Å². The monoisotopic (exact) mass is 340 g/mol. The van der Waals surface area contributed by atoms with Crippen LogP contribution in [0.25, 0.3) is 0 Å². The summed E-state index contributed by atoms with van der Waals surface area (Å²) in [5.41, 5.74) is -0.198. The van der Waals surface area contributed by atoms with Gasteiger partial charge in [0.2, 0.25) is 5.91 Å².